The lowest BCUT2D eigenvalue weighted by Gasteiger charge is -2.35. The molecule has 1 amide bonds. The molecule has 4 N–H and O–H groups in total. The lowest BCUT2D eigenvalue weighted by molar-refractivity contribution is -0.139. The molecule has 2 heterocycles. The van der Waals surface area contributed by atoms with Gasteiger partial charge in [0.1, 0.15) is 11.7 Å². The Morgan fingerprint density at radius 1 is 0.933 bits per heavy atom. The molecule has 0 fully saturated rings. The van der Waals surface area contributed by atoms with Crippen LogP contribution in [0.4, 0.5) is 13.2 Å². The predicted molar refractivity (Wildman–Crippen MR) is 164 cm³/mol. The number of carbonyl (C=O) groups excluding carboxylic acids is 1. The molecule has 3 aromatic carbocycles. The molecule has 0 aliphatic carbocycles. The van der Waals surface area contributed by atoms with E-state index in [1.165, 1.54) is 56.4 Å². The second-order valence-electron chi connectivity index (χ2n) is 10.4. The summed E-state index contributed by atoms with van der Waals surface area (Å²) in [5.74, 6) is -2.28. The van der Waals surface area contributed by atoms with Gasteiger partial charge in [0.15, 0.2) is 0 Å². The van der Waals surface area contributed by atoms with Crippen molar-refractivity contribution < 1.29 is 37.0 Å². The van der Waals surface area contributed by atoms with Gasteiger partial charge in [0.05, 0.1) is 21.5 Å². The summed E-state index contributed by atoms with van der Waals surface area (Å²) in [6.45, 7) is 1.40. The van der Waals surface area contributed by atoms with Gasteiger partial charge in [-0.25, -0.2) is 8.77 Å². The van der Waals surface area contributed by atoms with Gasteiger partial charge in [0, 0.05) is 24.5 Å². The Labute approximate surface area is 256 Å². The molecular weight excluding hydrogens is 611 g/mol. The van der Waals surface area contributed by atoms with E-state index in [9.17, 15) is 41.8 Å². The number of nitrogens with zero attached hydrogens (tertiary/aromatic N) is 2. The number of hydrogen-bond acceptors (Lipinski definition) is 5. The number of para-hydroxylation sites is 1. The fourth-order valence-corrected chi connectivity index (χ4v) is 6.65. The van der Waals surface area contributed by atoms with E-state index < -0.39 is 51.6 Å². The minimum atomic E-state index is -4.78. The molecule has 2 aromatic heterocycles. The number of amides is 1. The van der Waals surface area contributed by atoms with Gasteiger partial charge in [-0.05, 0) is 48.4 Å². The Balaban J connectivity index is 1.46. The van der Waals surface area contributed by atoms with Gasteiger partial charge in [-0.15, -0.1) is 0 Å². The first-order valence-electron chi connectivity index (χ1n) is 13.5. The largest absolute Gasteiger partial charge is 0.480 e. The number of nitrogens with one attached hydrogen (secondary N) is 1. The Morgan fingerprint density at radius 3 is 2.18 bits per heavy atom. The molecule has 0 aliphatic rings. The summed E-state index contributed by atoms with van der Waals surface area (Å²) in [5, 5.41) is 12.9. The summed E-state index contributed by atoms with van der Waals surface area (Å²) < 4.78 is 66.2. The van der Waals surface area contributed by atoms with Crippen molar-refractivity contribution in [3.63, 3.8) is 0 Å². The van der Waals surface area contributed by atoms with E-state index in [2.05, 4.69) is 5.32 Å². The number of carboxylic acids is 1. The van der Waals surface area contributed by atoms with Crippen molar-refractivity contribution in [3.05, 3.63) is 124 Å². The molecule has 9 nitrogen and oxygen atoms in total. The molecule has 13 heteroatoms. The van der Waals surface area contributed by atoms with Crippen LogP contribution in [-0.4, -0.2) is 40.7 Å². The Kier molecular flexibility index (Phi) is 8.36. The summed E-state index contributed by atoms with van der Waals surface area (Å²) in [5.41, 5.74) is -1.79. The second-order valence-corrected chi connectivity index (χ2v) is 12.3. The van der Waals surface area contributed by atoms with E-state index in [1.807, 2.05) is 0 Å². The number of pyridine rings is 1. The molecule has 0 aliphatic heterocycles. The lowest BCUT2D eigenvalue weighted by Crippen LogP contribution is -2.43. The first-order chi connectivity index (χ1) is 21.2. The van der Waals surface area contributed by atoms with Gasteiger partial charge >= 0.3 is 12.1 Å². The molecule has 0 spiro atoms. The van der Waals surface area contributed by atoms with Crippen LogP contribution in [0, 0.1) is 6.92 Å². The number of alkyl halides is 3. The van der Waals surface area contributed by atoms with E-state index >= 15 is 0 Å². The number of benzene rings is 3. The number of fused-ring (bicyclic) bond motifs is 1. The molecule has 5 rings (SSSR count). The minimum absolute atomic E-state index is 0.00165. The SMILES string of the molecule is Cc1cc(C(F)(F)F)c(-c2ccc(CC(NC(=O)c3cc4ccccc4n3S(O)(O)c3ccccc3)C(=O)O)cc2)c(=O)n1C. The van der Waals surface area contributed by atoms with Crippen LogP contribution in [0.3, 0.4) is 0 Å². The topological polar surface area (TPSA) is 134 Å². The molecule has 1 unspecified atom stereocenters. The first kappa shape index (κ1) is 31.6. The second kappa shape index (κ2) is 11.9. The minimum Gasteiger partial charge on any atom is -0.480 e. The van der Waals surface area contributed by atoms with E-state index in [4.69, 9.17) is 0 Å². The quantitative estimate of drug-likeness (QED) is 0.157. The van der Waals surface area contributed by atoms with Gasteiger partial charge in [-0.3, -0.25) is 18.7 Å². The van der Waals surface area contributed by atoms with Crippen molar-refractivity contribution in [2.45, 2.75) is 30.5 Å². The van der Waals surface area contributed by atoms with Crippen LogP contribution in [0.25, 0.3) is 22.0 Å². The number of hydrogen-bond donors (Lipinski definition) is 4. The number of aliphatic carboxylic acids is 1. The smallest absolute Gasteiger partial charge is 0.417 e. The highest BCUT2D eigenvalue weighted by Gasteiger charge is 2.36. The number of carboxylic acid groups (broad SMARTS) is 1. The molecule has 234 valence electrons. The van der Waals surface area contributed by atoms with Crippen LogP contribution in [0.15, 0.2) is 101 Å². The van der Waals surface area contributed by atoms with Crippen molar-refractivity contribution in [2.75, 3.05) is 0 Å². The molecular formula is C32H28F3N3O6S. The fourth-order valence-electron chi connectivity index (χ4n) is 5.07. The summed E-state index contributed by atoms with van der Waals surface area (Å²) >= 11 is 0. The number of aromatic nitrogens is 2. The fraction of sp³-hybridized carbons (Fsp3) is 0.156. The Bertz CT molecular complexity index is 1970. The number of aryl methyl sites for hydroxylation is 1. The van der Waals surface area contributed by atoms with E-state index in [1.54, 1.807) is 42.5 Å². The molecule has 0 saturated heterocycles. The van der Waals surface area contributed by atoms with E-state index in [0.717, 1.165) is 14.6 Å². The lowest BCUT2D eigenvalue weighted by atomic mass is 9.97. The van der Waals surface area contributed by atoms with Crippen LogP contribution >= 0.6 is 10.8 Å². The zero-order chi connectivity index (χ0) is 32.7. The van der Waals surface area contributed by atoms with Gasteiger partial charge in [0.2, 0.25) is 0 Å². The Hall–Kier alpha value is -4.85. The maximum atomic E-state index is 13.8. The van der Waals surface area contributed by atoms with Crippen LogP contribution in [0.5, 0.6) is 0 Å². The van der Waals surface area contributed by atoms with Crippen LogP contribution in [0.2, 0.25) is 0 Å². The highest BCUT2D eigenvalue weighted by molar-refractivity contribution is 8.23. The monoisotopic (exact) mass is 639 g/mol. The average molecular weight is 640 g/mol. The molecule has 5 aromatic rings. The third kappa shape index (κ3) is 6.10. The summed E-state index contributed by atoms with van der Waals surface area (Å²) in [6, 6.07) is 20.8. The predicted octanol–water partition coefficient (Wildman–Crippen LogP) is 6.33. The summed E-state index contributed by atoms with van der Waals surface area (Å²) in [6.07, 6.45) is -5.04. The van der Waals surface area contributed by atoms with Gasteiger partial charge < -0.3 is 15.0 Å². The van der Waals surface area contributed by atoms with Gasteiger partial charge in [-0.1, -0.05) is 71.4 Å². The van der Waals surface area contributed by atoms with Crippen molar-refractivity contribution in [1.82, 2.24) is 13.9 Å². The third-order valence-electron chi connectivity index (χ3n) is 7.47. The Morgan fingerprint density at radius 2 is 1.56 bits per heavy atom. The zero-order valence-electron chi connectivity index (χ0n) is 23.9. The summed E-state index contributed by atoms with van der Waals surface area (Å²) in [4.78, 5) is 38.7. The van der Waals surface area contributed by atoms with Crippen LogP contribution in [0.1, 0.15) is 27.3 Å². The van der Waals surface area contributed by atoms with Crippen molar-refractivity contribution >= 4 is 33.6 Å². The van der Waals surface area contributed by atoms with Crippen molar-refractivity contribution in [3.8, 4) is 11.1 Å². The van der Waals surface area contributed by atoms with Crippen molar-refractivity contribution in [2.24, 2.45) is 7.05 Å². The zero-order valence-corrected chi connectivity index (χ0v) is 24.8. The number of carbonyl (C=O) groups is 2. The average Bonchev–Trinajstić information content (AvgIpc) is 3.41. The molecule has 1 atom stereocenters. The molecule has 0 saturated carbocycles. The van der Waals surface area contributed by atoms with Gasteiger partial charge in [-0.2, -0.15) is 13.2 Å². The number of rotatable bonds is 8. The van der Waals surface area contributed by atoms with Crippen molar-refractivity contribution in [1.29, 1.82) is 0 Å². The highest BCUT2D eigenvalue weighted by Crippen LogP contribution is 2.52. The first-order valence-corrected chi connectivity index (χ1v) is 15.1. The maximum absolute atomic E-state index is 13.8. The molecule has 45 heavy (non-hydrogen) atoms. The normalized spacial score (nSPS) is 13.0. The third-order valence-corrected chi connectivity index (χ3v) is 9.28. The summed E-state index contributed by atoms with van der Waals surface area (Å²) in [7, 11) is -2.40. The van der Waals surface area contributed by atoms with E-state index in [-0.39, 0.29) is 28.3 Å². The maximum Gasteiger partial charge on any atom is 0.417 e. The van der Waals surface area contributed by atoms with Crippen LogP contribution < -0.4 is 10.9 Å². The molecule has 0 bridgehead atoms. The highest BCUT2D eigenvalue weighted by atomic mass is 32.3. The standard InChI is InChI=1S/C32H28F3N3O6S/c1-19-16-24(32(33,34)35)28(30(40)37(19)2)21-14-12-20(13-15-21)17-25(31(41)42)36-29(39)27-18-22-8-6-7-11-26(22)38(27)45(43,44)23-9-4-3-5-10-23/h3-16,18,25,43-44H,17H2,1-2H3,(H,36,39)(H,41,42). The van der Waals surface area contributed by atoms with Crippen LogP contribution in [-0.2, 0) is 24.4 Å². The molecule has 0 radical (unpaired) electrons. The van der Waals surface area contributed by atoms with E-state index in [0.29, 0.717) is 16.5 Å². The number of halogens is 3. The van der Waals surface area contributed by atoms with Gasteiger partial charge in [0.25, 0.3) is 11.5 Å².